The highest BCUT2D eigenvalue weighted by molar-refractivity contribution is 7.99. The zero-order chi connectivity index (χ0) is 24.9. The average Bonchev–Trinajstić information content (AvgIpc) is 3.61. The minimum absolute atomic E-state index is 0.00535. The van der Waals surface area contributed by atoms with Crippen LogP contribution in [0.15, 0.2) is 45.1 Å². The van der Waals surface area contributed by atoms with E-state index in [1.165, 1.54) is 21.2 Å². The van der Waals surface area contributed by atoms with E-state index in [1.54, 1.807) is 0 Å². The maximum atomic E-state index is 13.5. The first-order valence-electron chi connectivity index (χ1n) is 12.0. The number of hydrogen-bond acceptors (Lipinski definition) is 7. The van der Waals surface area contributed by atoms with Gasteiger partial charge in [-0.05, 0) is 31.7 Å². The van der Waals surface area contributed by atoms with Crippen LogP contribution in [-0.4, -0.2) is 36.0 Å². The van der Waals surface area contributed by atoms with Crippen molar-refractivity contribution in [1.82, 2.24) is 24.3 Å². The van der Waals surface area contributed by atoms with Crippen molar-refractivity contribution < 1.29 is 4.79 Å². The Morgan fingerprint density at radius 1 is 1.17 bits per heavy atom. The van der Waals surface area contributed by atoms with Crippen molar-refractivity contribution in [1.29, 1.82) is 0 Å². The molecule has 186 valence electrons. The number of hydrogen-bond donors (Lipinski definition) is 2. The van der Waals surface area contributed by atoms with Crippen molar-refractivity contribution in [2.75, 3.05) is 16.4 Å². The summed E-state index contributed by atoms with van der Waals surface area (Å²) in [5.41, 5.74) is 5.91. The van der Waals surface area contributed by atoms with Gasteiger partial charge in [-0.25, -0.2) is 4.79 Å². The number of nitrogens with one attached hydrogen (secondary N) is 1. The number of aromatic amines is 1. The molecule has 3 N–H and O–H groups in total. The Morgan fingerprint density at radius 2 is 1.91 bits per heavy atom. The summed E-state index contributed by atoms with van der Waals surface area (Å²) in [6, 6.07) is 9.37. The van der Waals surface area contributed by atoms with Crippen LogP contribution in [0, 0.1) is 0 Å². The highest BCUT2D eigenvalue weighted by atomic mass is 32.2. The number of benzene rings is 1. The van der Waals surface area contributed by atoms with E-state index < -0.39 is 11.2 Å². The molecule has 1 fully saturated rings. The third-order valence-corrected chi connectivity index (χ3v) is 6.98. The van der Waals surface area contributed by atoms with Crippen molar-refractivity contribution in [3.05, 3.63) is 62.6 Å². The van der Waals surface area contributed by atoms with Crippen LogP contribution in [0.4, 0.5) is 11.5 Å². The average molecular weight is 498 g/mol. The molecule has 2 aromatic heterocycles. The standard InChI is InChI=1S/C24H31N7O3S/c1-3-5-13-30-20(25)19(22(33)26-23(30)34)31(14-16-9-7-6-8-10-16)18(32)15-35-24-28-27-21(17-11-12-17)29(24)4-2/h6-10,17H,3-5,11-15,25H2,1-2H3,(H,26,33,34). The largest absolute Gasteiger partial charge is 0.383 e. The van der Waals surface area contributed by atoms with E-state index in [0.29, 0.717) is 24.0 Å². The Hall–Kier alpha value is -3.34. The van der Waals surface area contributed by atoms with Gasteiger partial charge in [0.25, 0.3) is 5.56 Å². The van der Waals surface area contributed by atoms with E-state index in [9.17, 15) is 14.4 Å². The number of rotatable bonds is 11. The molecule has 0 spiro atoms. The van der Waals surface area contributed by atoms with E-state index in [2.05, 4.69) is 15.2 Å². The van der Waals surface area contributed by atoms with Crippen molar-refractivity contribution in [2.24, 2.45) is 0 Å². The van der Waals surface area contributed by atoms with Gasteiger partial charge >= 0.3 is 5.69 Å². The van der Waals surface area contributed by atoms with E-state index in [1.807, 2.05) is 48.7 Å². The lowest BCUT2D eigenvalue weighted by atomic mass is 10.2. The first-order valence-corrected chi connectivity index (χ1v) is 13.0. The Kier molecular flexibility index (Phi) is 7.74. The normalized spacial score (nSPS) is 13.2. The van der Waals surface area contributed by atoms with E-state index in [4.69, 9.17) is 5.73 Å². The highest BCUT2D eigenvalue weighted by Gasteiger charge is 2.30. The first-order chi connectivity index (χ1) is 16.9. The van der Waals surface area contributed by atoms with Gasteiger partial charge in [-0.1, -0.05) is 55.4 Å². The number of amides is 1. The van der Waals surface area contributed by atoms with Gasteiger partial charge in [-0.3, -0.25) is 24.0 Å². The minimum Gasteiger partial charge on any atom is -0.383 e. The van der Waals surface area contributed by atoms with Crippen molar-refractivity contribution in [3.8, 4) is 0 Å². The molecule has 10 nitrogen and oxygen atoms in total. The summed E-state index contributed by atoms with van der Waals surface area (Å²) >= 11 is 1.29. The predicted molar refractivity (Wildman–Crippen MR) is 137 cm³/mol. The number of nitrogens with two attached hydrogens (primary N) is 1. The number of anilines is 2. The van der Waals surface area contributed by atoms with Gasteiger partial charge in [0.2, 0.25) is 5.91 Å². The third kappa shape index (κ3) is 5.50. The molecule has 11 heteroatoms. The van der Waals surface area contributed by atoms with Gasteiger partial charge in [0.15, 0.2) is 10.8 Å². The van der Waals surface area contributed by atoms with Gasteiger partial charge in [0.05, 0.1) is 12.3 Å². The second-order valence-electron chi connectivity index (χ2n) is 8.61. The molecule has 1 aliphatic rings. The lowest BCUT2D eigenvalue weighted by Gasteiger charge is -2.24. The molecule has 2 heterocycles. The molecule has 0 radical (unpaired) electrons. The molecule has 1 aliphatic carbocycles. The van der Waals surface area contributed by atoms with Crippen LogP contribution in [0.25, 0.3) is 0 Å². The van der Waals surface area contributed by atoms with Crippen LogP contribution in [0.5, 0.6) is 0 Å². The molecule has 0 saturated heterocycles. The number of unbranched alkanes of at least 4 members (excludes halogenated alkanes) is 1. The highest BCUT2D eigenvalue weighted by Crippen LogP contribution is 2.40. The second kappa shape index (κ2) is 10.9. The van der Waals surface area contributed by atoms with Crippen LogP contribution in [0.3, 0.4) is 0 Å². The fourth-order valence-electron chi connectivity index (χ4n) is 3.99. The summed E-state index contributed by atoms with van der Waals surface area (Å²) in [5, 5.41) is 9.31. The topological polar surface area (TPSA) is 132 Å². The zero-order valence-electron chi connectivity index (χ0n) is 20.1. The molecule has 0 unspecified atom stereocenters. The van der Waals surface area contributed by atoms with E-state index in [0.717, 1.165) is 37.2 Å². The Bertz CT molecular complexity index is 1290. The molecule has 1 aromatic carbocycles. The fraction of sp³-hybridized carbons (Fsp3) is 0.458. The number of thioether (sulfide) groups is 1. The van der Waals surface area contributed by atoms with Crippen molar-refractivity contribution >= 4 is 29.2 Å². The smallest absolute Gasteiger partial charge is 0.330 e. The van der Waals surface area contributed by atoms with Crippen molar-refractivity contribution in [2.45, 2.75) is 70.2 Å². The van der Waals surface area contributed by atoms with Gasteiger partial charge in [-0.15, -0.1) is 10.2 Å². The Labute approximate surface area is 207 Å². The van der Waals surface area contributed by atoms with Crippen molar-refractivity contribution in [3.63, 3.8) is 0 Å². The third-order valence-electron chi connectivity index (χ3n) is 6.03. The number of carbonyl (C=O) groups excluding carboxylic acids is 1. The number of aromatic nitrogens is 5. The SMILES string of the molecule is CCCCn1c(N)c(N(Cc2ccccc2)C(=O)CSc2nnc(C3CC3)n2CC)c(=O)[nH]c1=O. The molecule has 1 amide bonds. The van der Waals surface area contributed by atoms with Gasteiger partial charge in [-0.2, -0.15) is 0 Å². The van der Waals surface area contributed by atoms with E-state index >= 15 is 0 Å². The second-order valence-corrected chi connectivity index (χ2v) is 9.55. The summed E-state index contributed by atoms with van der Waals surface area (Å²) in [4.78, 5) is 42.6. The lowest BCUT2D eigenvalue weighted by molar-refractivity contribution is -0.116. The molecule has 35 heavy (non-hydrogen) atoms. The molecule has 0 atom stereocenters. The zero-order valence-corrected chi connectivity index (χ0v) is 20.9. The molecule has 3 aromatic rings. The molecular formula is C24H31N7O3S. The molecule has 1 saturated carbocycles. The maximum absolute atomic E-state index is 13.5. The molecule has 0 bridgehead atoms. The number of H-pyrrole nitrogens is 1. The van der Waals surface area contributed by atoms with Crippen LogP contribution >= 0.6 is 11.8 Å². The Balaban J connectivity index is 1.65. The van der Waals surface area contributed by atoms with E-state index in [-0.39, 0.29) is 29.7 Å². The van der Waals surface area contributed by atoms with Crippen LogP contribution < -0.4 is 21.9 Å². The number of nitrogen functional groups attached to an aromatic ring is 1. The van der Waals surface area contributed by atoms with Crippen LogP contribution in [0.2, 0.25) is 0 Å². The first kappa shape index (κ1) is 24.8. The summed E-state index contributed by atoms with van der Waals surface area (Å²) in [6.07, 6.45) is 3.80. The fourth-order valence-corrected chi connectivity index (χ4v) is 4.87. The monoisotopic (exact) mass is 497 g/mol. The lowest BCUT2D eigenvalue weighted by Crippen LogP contribution is -2.41. The predicted octanol–water partition coefficient (Wildman–Crippen LogP) is 2.73. The summed E-state index contributed by atoms with van der Waals surface area (Å²) in [6.45, 7) is 5.25. The maximum Gasteiger partial charge on any atom is 0.330 e. The quantitative estimate of drug-likeness (QED) is 0.389. The Morgan fingerprint density at radius 3 is 2.57 bits per heavy atom. The van der Waals surface area contributed by atoms with Crippen LogP contribution in [-0.2, 0) is 24.4 Å². The summed E-state index contributed by atoms with van der Waals surface area (Å²) in [5.74, 6) is 1.14. The summed E-state index contributed by atoms with van der Waals surface area (Å²) < 4.78 is 3.37. The number of carbonyl (C=O) groups is 1. The van der Waals surface area contributed by atoms with Gasteiger partial charge in [0, 0.05) is 19.0 Å². The van der Waals surface area contributed by atoms with Gasteiger partial charge in [0.1, 0.15) is 11.6 Å². The number of nitrogens with zero attached hydrogens (tertiary/aromatic N) is 5. The molecular weight excluding hydrogens is 466 g/mol. The molecule has 4 rings (SSSR count). The van der Waals surface area contributed by atoms with Gasteiger partial charge < -0.3 is 10.3 Å². The minimum atomic E-state index is -0.678. The van der Waals surface area contributed by atoms with Crippen LogP contribution in [0.1, 0.15) is 56.8 Å². The summed E-state index contributed by atoms with van der Waals surface area (Å²) in [7, 11) is 0. The molecule has 0 aliphatic heterocycles.